The Labute approximate surface area is 157 Å². The van der Waals surface area contributed by atoms with Gasteiger partial charge in [0.1, 0.15) is 17.4 Å². The lowest BCUT2D eigenvalue weighted by atomic mass is 10.1. The van der Waals surface area contributed by atoms with Crippen LogP contribution in [-0.4, -0.2) is 25.4 Å². The molecule has 0 aliphatic carbocycles. The van der Waals surface area contributed by atoms with Crippen molar-refractivity contribution >= 4 is 17.6 Å². The van der Waals surface area contributed by atoms with E-state index >= 15 is 0 Å². The van der Waals surface area contributed by atoms with Gasteiger partial charge >= 0.3 is 0 Å². The number of ether oxygens (including phenoxy) is 2. The topological polar surface area (TPSA) is 102 Å². The first-order valence-corrected chi connectivity index (χ1v) is 8.55. The number of ketones is 1. The van der Waals surface area contributed by atoms with E-state index < -0.39 is 0 Å². The largest absolute Gasteiger partial charge is 0.493 e. The molecule has 1 N–H and O–H groups in total. The van der Waals surface area contributed by atoms with Crippen LogP contribution in [0.1, 0.15) is 47.5 Å². The molecule has 1 heterocycles. The highest BCUT2D eigenvalue weighted by atomic mass is 16.5. The fourth-order valence-electron chi connectivity index (χ4n) is 2.75. The minimum absolute atomic E-state index is 0.00877. The molecule has 0 saturated carbocycles. The van der Waals surface area contributed by atoms with Crippen molar-refractivity contribution in [1.29, 1.82) is 5.26 Å². The molecule has 0 bridgehead atoms. The molecule has 7 heteroatoms. The average molecular weight is 370 g/mol. The first-order chi connectivity index (χ1) is 12.9. The molecular formula is C20H22N2O5. The Morgan fingerprint density at radius 2 is 2.04 bits per heavy atom. The number of aryl methyl sites for hydroxylation is 2. The average Bonchev–Trinajstić information content (AvgIpc) is 2.96. The fraction of sp³-hybridized carbons (Fsp3) is 0.350. The molecule has 0 radical (unpaired) electrons. The van der Waals surface area contributed by atoms with Crippen LogP contribution >= 0.6 is 0 Å². The highest BCUT2D eigenvalue weighted by Gasteiger charge is 2.22. The van der Waals surface area contributed by atoms with Gasteiger partial charge in [0.15, 0.2) is 17.3 Å². The molecule has 0 saturated heterocycles. The first-order valence-electron chi connectivity index (χ1n) is 8.55. The molecule has 0 unspecified atom stereocenters. The number of methoxy groups -OCH3 is 1. The maximum absolute atomic E-state index is 12.2. The molecule has 1 aromatic carbocycles. The molecule has 0 spiro atoms. The van der Waals surface area contributed by atoms with Gasteiger partial charge in [0, 0.05) is 6.42 Å². The highest BCUT2D eigenvalue weighted by Crippen LogP contribution is 2.29. The summed E-state index contributed by atoms with van der Waals surface area (Å²) in [5.41, 5.74) is 1.16. The number of nitrogens with zero attached hydrogens (tertiary/aromatic N) is 1. The minimum Gasteiger partial charge on any atom is -0.493 e. The van der Waals surface area contributed by atoms with Crippen molar-refractivity contribution in [2.75, 3.05) is 19.0 Å². The van der Waals surface area contributed by atoms with Crippen LogP contribution in [0.3, 0.4) is 0 Å². The summed E-state index contributed by atoms with van der Waals surface area (Å²) in [5, 5.41) is 11.8. The number of anilines is 1. The van der Waals surface area contributed by atoms with E-state index in [1.807, 2.05) is 25.1 Å². The number of furan rings is 1. The molecule has 1 aromatic heterocycles. The number of hydrogen-bond donors (Lipinski definition) is 1. The van der Waals surface area contributed by atoms with Gasteiger partial charge in [-0.3, -0.25) is 14.9 Å². The second-order valence-corrected chi connectivity index (χ2v) is 5.87. The lowest BCUT2D eigenvalue weighted by Gasteiger charge is -2.11. The normalized spacial score (nSPS) is 10.2. The molecule has 27 heavy (non-hydrogen) atoms. The number of hydrogen-bond acceptors (Lipinski definition) is 6. The van der Waals surface area contributed by atoms with Gasteiger partial charge in [-0.1, -0.05) is 6.07 Å². The molecule has 0 atom stereocenters. The summed E-state index contributed by atoms with van der Waals surface area (Å²) in [4.78, 5) is 23.9. The number of carbonyl (C=O) groups is 2. The van der Waals surface area contributed by atoms with Crippen molar-refractivity contribution in [1.82, 2.24) is 0 Å². The number of carbonyl (C=O) groups excluding carboxylic acids is 2. The van der Waals surface area contributed by atoms with E-state index in [-0.39, 0.29) is 35.1 Å². The van der Waals surface area contributed by atoms with Crippen LogP contribution < -0.4 is 14.8 Å². The standard InChI is InChI=1S/C20H22N2O5/c1-5-26-16-8-6-14(10-17(16)25-4)7-9-18(24)22-20-15(11-21)19(12(2)23)13(3)27-20/h6,8,10H,5,7,9H2,1-4H3,(H,22,24). The van der Waals surface area contributed by atoms with Crippen molar-refractivity contribution < 1.29 is 23.5 Å². The predicted octanol–water partition coefficient (Wildman–Crippen LogP) is 3.64. The Morgan fingerprint density at radius 3 is 2.63 bits per heavy atom. The van der Waals surface area contributed by atoms with Gasteiger partial charge in [0.05, 0.1) is 19.3 Å². The highest BCUT2D eigenvalue weighted by molar-refractivity contribution is 6.00. The minimum atomic E-state index is -0.316. The third-order valence-electron chi connectivity index (χ3n) is 3.97. The van der Waals surface area contributed by atoms with Crippen LogP contribution in [0, 0.1) is 18.3 Å². The Hall–Kier alpha value is -3.27. The number of amides is 1. The van der Waals surface area contributed by atoms with Crippen LogP contribution in [0.15, 0.2) is 22.6 Å². The second-order valence-electron chi connectivity index (χ2n) is 5.87. The molecule has 0 aliphatic rings. The molecule has 0 fully saturated rings. The summed E-state index contributed by atoms with van der Waals surface area (Å²) >= 11 is 0. The van der Waals surface area contributed by atoms with Crippen molar-refractivity contribution in [3.63, 3.8) is 0 Å². The Kier molecular flexibility index (Phi) is 6.61. The zero-order valence-corrected chi connectivity index (χ0v) is 15.8. The van der Waals surface area contributed by atoms with Crippen LogP contribution in [-0.2, 0) is 11.2 Å². The van der Waals surface area contributed by atoms with E-state index in [2.05, 4.69) is 5.32 Å². The summed E-state index contributed by atoms with van der Waals surface area (Å²) < 4.78 is 16.2. The van der Waals surface area contributed by atoms with Gasteiger partial charge in [-0.05, 0) is 44.9 Å². The quantitative estimate of drug-likeness (QED) is 0.712. The summed E-state index contributed by atoms with van der Waals surface area (Å²) in [6.07, 6.45) is 0.646. The van der Waals surface area contributed by atoms with E-state index in [1.54, 1.807) is 20.1 Å². The van der Waals surface area contributed by atoms with Gasteiger partial charge in [0.2, 0.25) is 11.8 Å². The fourth-order valence-corrected chi connectivity index (χ4v) is 2.75. The van der Waals surface area contributed by atoms with E-state index in [0.717, 1.165) is 5.56 Å². The van der Waals surface area contributed by atoms with E-state index in [0.29, 0.717) is 30.3 Å². The van der Waals surface area contributed by atoms with Crippen LogP contribution in [0.4, 0.5) is 5.88 Å². The van der Waals surface area contributed by atoms with E-state index in [4.69, 9.17) is 13.9 Å². The maximum atomic E-state index is 12.2. The first kappa shape index (κ1) is 20.0. The van der Waals surface area contributed by atoms with Crippen molar-refractivity contribution in [2.45, 2.75) is 33.6 Å². The molecule has 0 aliphatic heterocycles. The lowest BCUT2D eigenvalue weighted by molar-refractivity contribution is -0.116. The monoisotopic (exact) mass is 370 g/mol. The molecule has 142 valence electrons. The second kappa shape index (κ2) is 8.90. The number of rotatable bonds is 8. The Balaban J connectivity index is 2.06. The number of Topliss-reactive ketones (excluding diaryl/α,β-unsaturated/α-hetero) is 1. The lowest BCUT2D eigenvalue weighted by Crippen LogP contribution is -2.13. The smallest absolute Gasteiger partial charge is 0.227 e. The van der Waals surface area contributed by atoms with E-state index in [1.165, 1.54) is 6.92 Å². The molecule has 2 aromatic rings. The van der Waals surface area contributed by atoms with Crippen LogP contribution in [0.5, 0.6) is 11.5 Å². The zero-order valence-electron chi connectivity index (χ0n) is 15.8. The Morgan fingerprint density at radius 1 is 1.30 bits per heavy atom. The molecule has 7 nitrogen and oxygen atoms in total. The van der Waals surface area contributed by atoms with Gasteiger partial charge in [-0.2, -0.15) is 5.26 Å². The van der Waals surface area contributed by atoms with Crippen LogP contribution in [0.2, 0.25) is 0 Å². The number of benzene rings is 1. The van der Waals surface area contributed by atoms with Crippen molar-refractivity contribution in [3.05, 3.63) is 40.6 Å². The van der Waals surface area contributed by atoms with Gasteiger partial charge in [0.25, 0.3) is 0 Å². The summed E-state index contributed by atoms with van der Waals surface area (Å²) in [6.45, 7) is 5.36. The summed E-state index contributed by atoms with van der Waals surface area (Å²) in [5.74, 6) is 0.974. The summed E-state index contributed by atoms with van der Waals surface area (Å²) in [6, 6.07) is 7.41. The summed E-state index contributed by atoms with van der Waals surface area (Å²) in [7, 11) is 1.56. The molecule has 2 rings (SSSR count). The SMILES string of the molecule is CCOc1ccc(CCC(=O)Nc2oc(C)c(C(C)=O)c2C#N)cc1OC. The molecule has 1 amide bonds. The third-order valence-corrected chi connectivity index (χ3v) is 3.97. The maximum Gasteiger partial charge on any atom is 0.227 e. The number of nitrogens with one attached hydrogen (secondary N) is 1. The molecular weight excluding hydrogens is 348 g/mol. The van der Waals surface area contributed by atoms with E-state index in [9.17, 15) is 14.9 Å². The zero-order chi connectivity index (χ0) is 20.0. The number of nitriles is 1. The van der Waals surface area contributed by atoms with Crippen molar-refractivity contribution in [3.8, 4) is 17.6 Å². The van der Waals surface area contributed by atoms with Gasteiger partial charge in [-0.25, -0.2) is 0 Å². The third kappa shape index (κ3) is 4.67. The van der Waals surface area contributed by atoms with Gasteiger partial charge < -0.3 is 13.9 Å². The van der Waals surface area contributed by atoms with Gasteiger partial charge in [-0.15, -0.1) is 0 Å². The van der Waals surface area contributed by atoms with Crippen molar-refractivity contribution in [2.24, 2.45) is 0 Å². The Bertz CT molecular complexity index is 893. The predicted molar refractivity (Wildman–Crippen MR) is 99.3 cm³/mol. The van der Waals surface area contributed by atoms with Crippen LogP contribution in [0.25, 0.3) is 0 Å².